The molecule has 0 amide bonds. The Bertz CT molecular complexity index is 1220. The van der Waals surface area contributed by atoms with Crippen molar-refractivity contribution in [3.8, 4) is 0 Å². The first-order valence-corrected chi connectivity index (χ1v) is 12.0. The highest BCUT2D eigenvalue weighted by Gasteiger charge is 2.36. The van der Waals surface area contributed by atoms with E-state index in [2.05, 4.69) is 38.6 Å². The number of hydrogen-bond donors (Lipinski definition) is 0. The SMILES string of the molecule is C[C@@H]1CN(c2nc(Cl)nc3scnc23)[C@@H](C)CN1C(c1ccc(F)cc1)c1ccc(F)cc1. The van der Waals surface area contributed by atoms with Gasteiger partial charge < -0.3 is 4.90 Å². The van der Waals surface area contributed by atoms with E-state index >= 15 is 0 Å². The largest absolute Gasteiger partial charge is 0.349 e. The van der Waals surface area contributed by atoms with Crippen LogP contribution in [0, 0.1) is 11.6 Å². The molecule has 0 bridgehead atoms. The van der Waals surface area contributed by atoms with Gasteiger partial charge in [0.15, 0.2) is 10.6 Å². The Hall–Kier alpha value is -2.68. The third-order valence-corrected chi connectivity index (χ3v) is 7.05. The van der Waals surface area contributed by atoms with Gasteiger partial charge in [-0.2, -0.15) is 4.98 Å². The van der Waals surface area contributed by atoms with E-state index in [1.54, 1.807) is 29.8 Å². The molecular formula is C24H22ClF2N5S. The van der Waals surface area contributed by atoms with Crippen molar-refractivity contribution < 1.29 is 8.78 Å². The molecule has 2 aromatic heterocycles. The van der Waals surface area contributed by atoms with Crippen molar-refractivity contribution >= 4 is 39.1 Å². The molecule has 4 aromatic rings. The van der Waals surface area contributed by atoms with E-state index in [4.69, 9.17) is 11.6 Å². The Balaban J connectivity index is 1.51. The topological polar surface area (TPSA) is 45.2 Å². The van der Waals surface area contributed by atoms with Gasteiger partial charge >= 0.3 is 0 Å². The number of nitrogens with zero attached hydrogens (tertiary/aromatic N) is 5. The van der Waals surface area contributed by atoms with Crippen molar-refractivity contribution in [2.24, 2.45) is 0 Å². The quantitative estimate of drug-likeness (QED) is 0.347. The summed E-state index contributed by atoms with van der Waals surface area (Å²) in [5.74, 6) is 0.178. The van der Waals surface area contributed by atoms with E-state index in [-0.39, 0.29) is 35.0 Å². The van der Waals surface area contributed by atoms with Gasteiger partial charge in [-0.25, -0.2) is 18.7 Å². The van der Waals surface area contributed by atoms with Crippen molar-refractivity contribution in [1.82, 2.24) is 19.9 Å². The molecule has 1 aliphatic heterocycles. The van der Waals surface area contributed by atoms with Gasteiger partial charge in [0.2, 0.25) is 5.28 Å². The number of hydrogen-bond acceptors (Lipinski definition) is 6. The standard InChI is InChI=1S/C24H22ClF2N5S/c1-14-12-32(22-20-23(33-13-28-20)30-24(25)29-22)15(2)11-31(14)21(16-3-7-18(26)8-4-16)17-5-9-19(27)10-6-17/h3-10,13-15,21H,11-12H2,1-2H3/t14-,15+/m1/s1. The molecule has 0 aliphatic carbocycles. The van der Waals surface area contributed by atoms with Crippen LogP contribution in [-0.4, -0.2) is 45.0 Å². The van der Waals surface area contributed by atoms with Crippen LogP contribution in [0.3, 0.4) is 0 Å². The summed E-state index contributed by atoms with van der Waals surface area (Å²) < 4.78 is 27.3. The lowest BCUT2D eigenvalue weighted by Gasteiger charge is -2.48. The van der Waals surface area contributed by atoms with E-state index < -0.39 is 0 Å². The zero-order valence-electron chi connectivity index (χ0n) is 18.1. The van der Waals surface area contributed by atoms with Crippen LogP contribution in [0.5, 0.6) is 0 Å². The van der Waals surface area contributed by atoms with Gasteiger partial charge in [-0.15, -0.1) is 11.3 Å². The second kappa shape index (κ2) is 8.93. The van der Waals surface area contributed by atoms with Crippen molar-refractivity contribution in [3.63, 3.8) is 0 Å². The first-order chi connectivity index (χ1) is 15.9. The summed E-state index contributed by atoms with van der Waals surface area (Å²) in [7, 11) is 0. The van der Waals surface area contributed by atoms with E-state index in [0.717, 1.165) is 27.3 Å². The van der Waals surface area contributed by atoms with Crippen molar-refractivity contribution in [3.05, 3.63) is 82.1 Å². The average molecular weight is 486 g/mol. The molecule has 2 atom stereocenters. The highest BCUT2D eigenvalue weighted by molar-refractivity contribution is 7.16. The maximum atomic E-state index is 13.7. The molecule has 1 saturated heterocycles. The number of thiazole rings is 1. The molecule has 5 nitrogen and oxygen atoms in total. The zero-order chi connectivity index (χ0) is 23.1. The van der Waals surface area contributed by atoms with Crippen molar-refractivity contribution in [1.29, 1.82) is 0 Å². The van der Waals surface area contributed by atoms with Crippen LogP contribution < -0.4 is 4.90 Å². The molecule has 0 spiro atoms. The van der Waals surface area contributed by atoms with Crippen LogP contribution in [0.4, 0.5) is 14.6 Å². The second-order valence-electron chi connectivity index (χ2n) is 8.38. The summed E-state index contributed by atoms with van der Waals surface area (Å²) >= 11 is 7.65. The molecule has 0 N–H and O–H groups in total. The summed E-state index contributed by atoms with van der Waals surface area (Å²) in [6.07, 6.45) is 0. The molecule has 0 saturated carbocycles. The second-order valence-corrected chi connectivity index (χ2v) is 9.55. The van der Waals surface area contributed by atoms with Crippen molar-refractivity contribution in [2.75, 3.05) is 18.0 Å². The maximum absolute atomic E-state index is 13.7. The Labute approximate surface area is 199 Å². The fourth-order valence-corrected chi connectivity index (χ4v) is 5.46. The molecule has 0 radical (unpaired) electrons. The van der Waals surface area contributed by atoms with E-state index in [0.29, 0.717) is 13.1 Å². The Morgan fingerprint density at radius 2 is 1.52 bits per heavy atom. The molecule has 0 unspecified atom stereocenters. The molecule has 33 heavy (non-hydrogen) atoms. The van der Waals surface area contributed by atoms with Crippen LogP contribution >= 0.6 is 22.9 Å². The molecular weight excluding hydrogens is 464 g/mol. The number of aromatic nitrogens is 3. The van der Waals surface area contributed by atoms with Crippen molar-refractivity contribution in [2.45, 2.75) is 32.0 Å². The van der Waals surface area contributed by atoms with Gasteiger partial charge in [-0.3, -0.25) is 4.90 Å². The predicted molar refractivity (Wildman–Crippen MR) is 128 cm³/mol. The minimum absolute atomic E-state index is 0.0977. The summed E-state index contributed by atoms with van der Waals surface area (Å²) in [5.41, 5.74) is 4.43. The van der Waals surface area contributed by atoms with Gasteiger partial charge in [-0.05, 0) is 60.8 Å². The maximum Gasteiger partial charge on any atom is 0.225 e. The van der Waals surface area contributed by atoms with Gasteiger partial charge in [0.1, 0.15) is 17.2 Å². The molecule has 1 aliphatic rings. The van der Waals surface area contributed by atoms with Crippen LogP contribution in [-0.2, 0) is 0 Å². The van der Waals surface area contributed by atoms with E-state index in [1.165, 1.54) is 35.6 Å². The Kier molecular flexibility index (Phi) is 5.99. The molecule has 1 fully saturated rings. The summed E-state index contributed by atoms with van der Waals surface area (Å²) in [6.45, 7) is 5.70. The lowest BCUT2D eigenvalue weighted by molar-refractivity contribution is 0.129. The first-order valence-electron chi connectivity index (χ1n) is 10.7. The lowest BCUT2D eigenvalue weighted by Crippen LogP contribution is -2.57. The van der Waals surface area contributed by atoms with Gasteiger partial charge in [-0.1, -0.05) is 24.3 Å². The summed E-state index contributed by atoms with van der Waals surface area (Å²) in [5, 5.41) is 0.208. The highest BCUT2D eigenvalue weighted by atomic mass is 35.5. The first kappa shape index (κ1) is 22.1. The molecule has 5 rings (SSSR count). The van der Waals surface area contributed by atoms with Gasteiger partial charge in [0.25, 0.3) is 0 Å². The van der Waals surface area contributed by atoms with Gasteiger partial charge in [0.05, 0.1) is 11.6 Å². The van der Waals surface area contributed by atoms with Crippen LogP contribution in [0.15, 0.2) is 54.0 Å². The Morgan fingerprint density at radius 1 is 0.909 bits per heavy atom. The van der Waals surface area contributed by atoms with E-state index in [9.17, 15) is 8.78 Å². The fraction of sp³-hybridized carbons (Fsp3) is 0.292. The minimum atomic E-state index is -0.282. The monoisotopic (exact) mass is 485 g/mol. The normalized spacial score (nSPS) is 19.5. The Morgan fingerprint density at radius 3 is 2.12 bits per heavy atom. The van der Waals surface area contributed by atoms with Crippen LogP contribution in [0.25, 0.3) is 10.3 Å². The molecule has 170 valence electrons. The highest BCUT2D eigenvalue weighted by Crippen LogP contribution is 2.36. The average Bonchev–Trinajstić information content (AvgIpc) is 3.26. The molecule has 9 heteroatoms. The van der Waals surface area contributed by atoms with Gasteiger partial charge in [0, 0.05) is 25.2 Å². The molecule has 2 aromatic carbocycles. The number of benzene rings is 2. The van der Waals surface area contributed by atoms with Crippen LogP contribution in [0.2, 0.25) is 5.28 Å². The smallest absolute Gasteiger partial charge is 0.225 e. The fourth-order valence-electron chi connectivity index (χ4n) is 4.60. The van der Waals surface area contributed by atoms with E-state index in [1.807, 2.05) is 0 Å². The number of halogens is 3. The predicted octanol–water partition coefficient (Wildman–Crippen LogP) is 5.71. The summed E-state index contributed by atoms with van der Waals surface area (Å²) in [4.78, 5) is 18.6. The third kappa shape index (κ3) is 4.30. The lowest BCUT2D eigenvalue weighted by atomic mass is 9.93. The number of anilines is 1. The van der Waals surface area contributed by atoms with Crippen LogP contribution in [0.1, 0.15) is 31.0 Å². The zero-order valence-corrected chi connectivity index (χ0v) is 19.7. The minimum Gasteiger partial charge on any atom is -0.349 e. The number of rotatable bonds is 4. The third-order valence-electron chi connectivity index (χ3n) is 6.16. The molecule has 3 heterocycles. The number of piperazine rings is 1. The number of fused-ring (bicyclic) bond motifs is 1. The summed E-state index contributed by atoms with van der Waals surface area (Å²) in [6, 6.07) is 13.2.